The van der Waals surface area contributed by atoms with Crippen LogP contribution in [0.5, 0.6) is 0 Å². The molecule has 0 spiro atoms. The van der Waals surface area contributed by atoms with Crippen molar-refractivity contribution in [1.82, 2.24) is 4.98 Å². The van der Waals surface area contributed by atoms with Crippen molar-refractivity contribution in [1.29, 1.82) is 0 Å². The number of ether oxygens (including phenoxy) is 1. The number of aliphatic hydroxyl groups excluding tert-OH is 1. The molecular weight excluding hydrogens is 222 g/mol. The molecule has 0 saturated carbocycles. The van der Waals surface area contributed by atoms with Crippen LogP contribution in [0.1, 0.15) is 11.8 Å². The third-order valence-electron chi connectivity index (χ3n) is 1.83. The van der Waals surface area contributed by atoms with Gasteiger partial charge in [0.2, 0.25) is 0 Å². The maximum atomic E-state index is 9.27. The van der Waals surface area contributed by atoms with Crippen LogP contribution in [-0.2, 0) is 4.74 Å². The summed E-state index contributed by atoms with van der Waals surface area (Å²) in [5.74, 6) is 0. The number of hydrogen-bond donors (Lipinski definition) is 1. The van der Waals surface area contributed by atoms with Crippen LogP contribution < -0.4 is 0 Å². The van der Waals surface area contributed by atoms with Gasteiger partial charge in [-0.1, -0.05) is 15.9 Å². The Morgan fingerprint density at radius 1 is 1.67 bits per heavy atom. The Balaban J connectivity index is 2.22. The zero-order chi connectivity index (χ0) is 8.55. The van der Waals surface area contributed by atoms with Crippen LogP contribution in [0.2, 0.25) is 0 Å². The smallest absolute Gasteiger partial charge is 0.128 e. The Labute approximate surface area is 78.5 Å². The van der Waals surface area contributed by atoms with E-state index in [0.717, 1.165) is 10.2 Å². The standard InChI is InChI=1S/C8H8BrNO2/c9-5-1-2-10-6(3-5)8-7(11)4-12-8/h1-3,7-8,11H,4H2. The van der Waals surface area contributed by atoms with Gasteiger partial charge < -0.3 is 9.84 Å². The fraction of sp³-hybridized carbons (Fsp3) is 0.375. The van der Waals surface area contributed by atoms with Gasteiger partial charge >= 0.3 is 0 Å². The number of halogens is 1. The van der Waals surface area contributed by atoms with Crippen molar-refractivity contribution in [2.24, 2.45) is 0 Å². The van der Waals surface area contributed by atoms with E-state index in [1.165, 1.54) is 0 Å². The molecule has 4 heteroatoms. The van der Waals surface area contributed by atoms with Gasteiger partial charge in [0.15, 0.2) is 0 Å². The van der Waals surface area contributed by atoms with E-state index in [0.29, 0.717) is 6.61 Å². The largest absolute Gasteiger partial charge is 0.388 e. The molecule has 2 atom stereocenters. The van der Waals surface area contributed by atoms with E-state index in [-0.39, 0.29) is 6.10 Å². The van der Waals surface area contributed by atoms with Gasteiger partial charge in [-0.25, -0.2) is 0 Å². The fourth-order valence-electron chi connectivity index (χ4n) is 1.14. The van der Waals surface area contributed by atoms with Gasteiger partial charge in [-0.05, 0) is 12.1 Å². The number of rotatable bonds is 1. The quantitative estimate of drug-likeness (QED) is 0.790. The van der Waals surface area contributed by atoms with E-state index in [4.69, 9.17) is 4.74 Å². The summed E-state index contributed by atoms with van der Waals surface area (Å²) in [6, 6.07) is 3.70. The predicted octanol–water partition coefficient (Wildman–Crippen LogP) is 1.28. The SMILES string of the molecule is OC1COC1c1cc(Br)ccn1. The maximum Gasteiger partial charge on any atom is 0.128 e. The summed E-state index contributed by atoms with van der Waals surface area (Å²) in [6.45, 7) is 0.416. The number of hydrogen-bond acceptors (Lipinski definition) is 3. The lowest BCUT2D eigenvalue weighted by atomic mass is 10.1. The molecule has 12 heavy (non-hydrogen) atoms. The average Bonchev–Trinajstić information content (AvgIpc) is 2.02. The highest BCUT2D eigenvalue weighted by atomic mass is 79.9. The predicted molar refractivity (Wildman–Crippen MR) is 46.6 cm³/mol. The molecule has 0 aliphatic carbocycles. The summed E-state index contributed by atoms with van der Waals surface area (Å²) in [5, 5.41) is 9.27. The second-order valence-electron chi connectivity index (χ2n) is 2.72. The molecule has 0 radical (unpaired) electrons. The Morgan fingerprint density at radius 2 is 2.50 bits per heavy atom. The van der Waals surface area contributed by atoms with Crippen molar-refractivity contribution in [3.63, 3.8) is 0 Å². The lowest BCUT2D eigenvalue weighted by Crippen LogP contribution is -2.37. The second-order valence-corrected chi connectivity index (χ2v) is 3.64. The molecule has 1 aliphatic rings. The minimum Gasteiger partial charge on any atom is -0.388 e. The minimum atomic E-state index is -0.396. The molecule has 0 aromatic carbocycles. The Bertz CT molecular complexity index is 292. The van der Waals surface area contributed by atoms with E-state index in [1.807, 2.05) is 12.1 Å². The van der Waals surface area contributed by atoms with Gasteiger partial charge in [0.05, 0.1) is 12.3 Å². The molecule has 1 aromatic rings. The molecular formula is C8H8BrNO2. The van der Waals surface area contributed by atoms with Crippen molar-refractivity contribution in [2.75, 3.05) is 6.61 Å². The monoisotopic (exact) mass is 229 g/mol. The van der Waals surface area contributed by atoms with Gasteiger partial charge in [-0.2, -0.15) is 0 Å². The van der Waals surface area contributed by atoms with E-state index >= 15 is 0 Å². The number of aliphatic hydroxyl groups is 1. The first kappa shape index (κ1) is 8.16. The summed E-state index contributed by atoms with van der Waals surface area (Å²) in [7, 11) is 0. The molecule has 1 N–H and O–H groups in total. The molecule has 1 aromatic heterocycles. The van der Waals surface area contributed by atoms with Crippen LogP contribution in [0, 0.1) is 0 Å². The van der Waals surface area contributed by atoms with Crippen molar-refractivity contribution in [2.45, 2.75) is 12.2 Å². The summed E-state index contributed by atoms with van der Waals surface area (Å²) < 4.78 is 6.10. The molecule has 1 aliphatic heterocycles. The lowest BCUT2D eigenvalue weighted by molar-refractivity contribution is -0.167. The van der Waals surface area contributed by atoms with Gasteiger partial charge in [0, 0.05) is 10.7 Å². The first-order valence-corrected chi connectivity index (χ1v) is 4.48. The molecule has 0 bridgehead atoms. The third kappa shape index (κ3) is 1.37. The molecule has 3 nitrogen and oxygen atoms in total. The summed E-state index contributed by atoms with van der Waals surface area (Å²) in [4.78, 5) is 4.10. The van der Waals surface area contributed by atoms with Crippen LogP contribution in [0.3, 0.4) is 0 Å². The molecule has 64 valence electrons. The van der Waals surface area contributed by atoms with Crippen LogP contribution in [0.25, 0.3) is 0 Å². The van der Waals surface area contributed by atoms with Crippen LogP contribution >= 0.6 is 15.9 Å². The molecule has 2 heterocycles. The van der Waals surface area contributed by atoms with Gasteiger partial charge in [-0.15, -0.1) is 0 Å². The highest BCUT2D eigenvalue weighted by Crippen LogP contribution is 2.29. The Morgan fingerprint density at radius 3 is 3.00 bits per heavy atom. The number of nitrogens with zero attached hydrogens (tertiary/aromatic N) is 1. The van der Waals surface area contributed by atoms with Gasteiger partial charge in [-0.3, -0.25) is 4.98 Å². The highest BCUT2D eigenvalue weighted by Gasteiger charge is 2.32. The summed E-state index contributed by atoms with van der Waals surface area (Å²) in [6.07, 6.45) is 1.06. The normalized spacial score (nSPS) is 28.2. The van der Waals surface area contributed by atoms with E-state index in [2.05, 4.69) is 20.9 Å². The highest BCUT2D eigenvalue weighted by molar-refractivity contribution is 9.10. The van der Waals surface area contributed by atoms with Crippen molar-refractivity contribution in [3.8, 4) is 0 Å². The zero-order valence-electron chi connectivity index (χ0n) is 6.27. The molecule has 1 saturated heterocycles. The second kappa shape index (κ2) is 3.12. The minimum absolute atomic E-state index is 0.234. The van der Waals surface area contributed by atoms with Gasteiger partial charge in [0.25, 0.3) is 0 Å². The van der Waals surface area contributed by atoms with Crippen LogP contribution in [0.15, 0.2) is 22.8 Å². The number of aromatic nitrogens is 1. The van der Waals surface area contributed by atoms with Crippen LogP contribution in [0.4, 0.5) is 0 Å². The molecule has 1 fully saturated rings. The fourth-order valence-corrected chi connectivity index (χ4v) is 1.49. The lowest BCUT2D eigenvalue weighted by Gasteiger charge is -2.32. The van der Waals surface area contributed by atoms with E-state index in [9.17, 15) is 5.11 Å². The van der Waals surface area contributed by atoms with Crippen LogP contribution in [-0.4, -0.2) is 22.8 Å². The third-order valence-corrected chi connectivity index (χ3v) is 2.32. The Kier molecular flexibility index (Phi) is 2.12. The molecule has 2 rings (SSSR count). The van der Waals surface area contributed by atoms with Gasteiger partial charge in [0.1, 0.15) is 12.2 Å². The van der Waals surface area contributed by atoms with E-state index < -0.39 is 6.10 Å². The topological polar surface area (TPSA) is 42.4 Å². The van der Waals surface area contributed by atoms with Crippen molar-refractivity contribution in [3.05, 3.63) is 28.5 Å². The molecule has 0 amide bonds. The zero-order valence-corrected chi connectivity index (χ0v) is 7.86. The maximum absolute atomic E-state index is 9.27. The molecule has 2 unspecified atom stereocenters. The number of pyridine rings is 1. The first-order chi connectivity index (χ1) is 5.77. The first-order valence-electron chi connectivity index (χ1n) is 3.68. The van der Waals surface area contributed by atoms with Crippen molar-refractivity contribution >= 4 is 15.9 Å². The Hall–Kier alpha value is -0.450. The van der Waals surface area contributed by atoms with Crippen molar-refractivity contribution < 1.29 is 9.84 Å². The summed E-state index contributed by atoms with van der Waals surface area (Å²) >= 11 is 3.33. The average molecular weight is 230 g/mol. The summed E-state index contributed by atoms with van der Waals surface area (Å²) in [5.41, 5.74) is 0.781. The van der Waals surface area contributed by atoms with E-state index in [1.54, 1.807) is 6.20 Å².